The summed E-state index contributed by atoms with van der Waals surface area (Å²) in [5, 5.41) is 25.6. The average molecular weight is 322 g/mol. The molecule has 2 aromatic carbocycles. The second-order valence-corrected chi connectivity index (χ2v) is 5.21. The number of aromatic nitrogens is 1. The summed E-state index contributed by atoms with van der Waals surface area (Å²) < 4.78 is 0. The van der Waals surface area contributed by atoms with Gasteiger partial charge in [-0.3, -0.25) is 15.5 Å². The summed E-state index contributed by atoms with van der Waals surface area (Å²) in [6.45, 7) is 1.98. The molecule has 7 nitrogen and oxygen atoms in total. The minimum atomic E-state index is -0.529. The van der Waals surface area contributed by atoms with Crippen molar-refractivity contribution in [3.63, 3.8) is 0 Å². The highest BCUT2D eigenvalue weighted by Gasteiger charge is 2.08. The Hall–Kier alpha value is -3.48. The number of nitro groups is 1. The summed E-state index contributed by atoms with van der Waals surface area (Å²) in [6, 6.07) is 13.4. The lowest BCUT2D eigenvalue weighted by atomic mass is 10.1. The molecule has 0 radical (unpaired) electrons. The Kier molecular flexibility index (Phi) is 4.07. The maximum atomic E-state index is 10.8. The van der Waals surface area contributed by atoms with Crippen LogP contribution in [0.5, 0.6) is 5.75 Å². The number of nitrogens with one attached hydrogen (secondary N) is 1. The summed E-state index contributed by atoms with van der Waals surface area (Å²) in [6.07, 6.45) is 1.31. The number of nitro benzene ring substituents is 1. The van der Waals surface area contributed by atoms with Gasteiger partial charge in [0.25, 0.3) is 5.69 Å². The molecule has 3 rings (SSSR count). The van der Waals surface area contributed by atoms with Gasteiger partial charge in [-0.25, -0.2) is 4.98 Å². The highest BCUT2D eigenvalue weighted by Crippen LogP contribution is 2.22. The number of hydrazone groups is 1. The van der Waals surface area contributed by atoms with Crippen molar-refractivity contribution in [2.45, 2.75) is 6.92 Å². The fourth-order valence-electron chi connectivity index (χ4n) is 2.33. The molecular weight excluding hydrogens is 308 g/mol. The number of nitrogens with zero attached hydrogens (tertiary/aromatic N) is 3. The van der Waals surface area contributed by atoms with Crippen molar-refractivity contribution in [1.82, 2.24) is 4.98 Å². The fraction of sp³-hybridized carbons (Fsp3) is 0.0588. The maximum Gasteiger partial charge on any atom is 0.270 e. The molecule has 0 bridgehead atoms. The first-order valence-corrected chi connectivity index (χ1v) is 7.17. The molecule has 120 valence electrons. The van der Waals surface area contributed by atoms with Crippen molar-refractivity contribution in [3.05, 3.63) is 69.8 Å². The Morgan fingerprint density at radius 1 is 1.25 bits per heavy atom. The number of hydrogen-bond acceptors (Lipinski definition) is 6. The Bertz CT molecular complexity index is 954. The number of aromatic hydroxyl groups is 1. The van der Waals surface area contributed by atoms with Crippen molar-refractivity contribution >= 4 is 28.6 Å². The lowest BCUT2D eigenvalue weighted by molar-refractivity contribution is -0.384. The van der Waals surface area contributed by atoms with Crippen molar-refractivity contribution in [3.8, 4) is 5.75 Å². The van der Waals surface area contributed by atoms with Gasteiger partial charge in [0.2, 0.25) is 0 Å². The third kappa shape index (κ3) is 3.14. The van der Waals surface area contributed by atoms with Gasteiger partial charge in [0, 0.05) is 23.1 Å². The van der Waals surface area contributed by atoms with Crippen LogP contribution in [0, 0.1) is 17.0 Å². The molecule has 2 N–H and O–H groups in total. The topological polar surface area (TPSA) is 101 Å². The number of non-ortho nitro benzene ring substituents is 1. The molecule has 0 saturated carbocycles. The zero-order valence-corrected chi connectivity index (χ0v) is 12.8. The first kappa shape index (κ1) is 15.4. The number of aryl methyl sites for hydroxylation is 1. The van der Waals surface area contributed by atoms with E-state index in [0.29, 0.717) is 5.82 Å². The van der Waals surface area contributed by atoms with Crippen LogP contribution in [-0.4, -0.2) is 21.2 Å². The number of fused-ring (bicyclic) bond motifs is 1. The van der Waals surface area contributed by atoms with Gasteiger partial charge in [0.15, 0.2) is 0 Å². The molecule has 1 heterocycles. The first-order valence-electron chi connectivity index (χ1n) is 7.17. The van der Waals surface area contributed by atoms with Crippen LogP contribution >= 0.6 is 0 Å². The fourth-order valence-corrected chi connectivity index (χ4v) is 2.33. The SMILES string of the molecule is Cc1cc(NN=Cc2cc([N+](=O)[O-])ccc2O)nc2ccccc12. The Labute approximate surface area is 137 Å². The van der Waals surface area contributed by atoms with Gasteiger partial charge in [-0.1, -0.05) is 18.2 Å². The molecule has 3 aromatic rings. The molecule has 0 fully saturated rings. The molecule has 0 aliphatic heterocycles. The highest BCUT2D eigenvalue weighted by molar-refractivity contribution is 5.86. The van der Waals surface area contributed by atoms with Crippen LogP contribution in [0.1, 0.15) is 11.1 Å². The smallest absolute Gasteiger partial charge is 0.270 e. The van der Waals surface area contributed by atoms with Crippen LogP contribution in [0.2, 0.25) is 0 Å². The van der Waals surface area contributed by atoms with Crippen molar-refractivity contribution in [2.24, 2.45) is 5.10 Å². The summed E-state index contributed by atoms with van der Waals surface area (Å²) in [4.78, 5) is 14.7. The Balaban J connectivity index is 1.84. The van der Waals surface area contributed by atoms with Crippen molar-refractivity contribution < 1.29 is 10.0 Å². The minimum absolute atomic E-state index is 0.0891. The van der Waals surface area contributed by atoms with Gasteiger partial charge in [0.05, 0.1) is 16.7 Å². The predicted octanol–water partition coefficient (Wildman–Crippen LogP) is 3.60. The van der Waals surface area contributed by atoms with Crippen LogP contribution in [0.3, 0.4) is 0 Å². The number of phenols is 1. The molecule has 0 saturated heterocycles. The summed E-state index contributed by atoms with van der Waals surface area (Å²) in [7, 11) is 0. The van der Waals surface area contributed by atoms with Crippen molar-refractivity contribution in [2.75, 3.05) is 5.43 Å². The van der Waals surface area contributed by atoms with Gasteiger partial charge >= 0.3 is 0 Å². The van der Waals surface area contributed by atoms with Crippen molar-refractivity contribution in [1.29, 1.82) is 0 Å². The van der Waals surface area contributed by atoms with E-state index in [2.05, 4.69) is 15.5 Å². The molecule has 1 aromatic heterocycles. The van der Waals surface area contributed by atoms with Gasteiger partial charge < -0.3 is 5.11 Å². The minimum Gasteiger partial charge on any atom is -0.507 e. The molecular formula is C17H14N4O3. The molecule has 0 unspecified atom stereocenters. The zero-order valence-electron chi connectivity index (χ0n) is 12.8. The molecule has 0 aliphatic carbocycles. The quantitative estimate of drug-likeness (QED) is 0.434. The van der Waals surface area contributed by atoms with Gasteiger partial charge in [-0.05, 0) is 30.7 Å². The average Bonchev–Trinajstić information content (AvgIpc) is 2.56. The largest absolute Gasteiger partial charge is 0.507 e. The summed E-state index contributed by atoms with van der Waals surface area (Å²) in [5.41, 5.74) is 4.80. The summed E-state index contributed by atoms with van der Waals surface area (Å²) >= 11 is 0. The summed E-state index contributed by atoms with van der Waals surface area (Å²) in [5.74, 6) is 0.459. The predicted molar refractivity (Wildman–Crippen MR) is 92.5 cm³/mol. The van der Waals surface area contributed by atoms with Crippen LogP contribution in [0.25, 0.3) is 10.9 Å². The second-order valence-electron chi connectivity index (χ2n) is 5.21. The van der Waals surface area contributed by atoms with E-state index in [-0.39, 0.29) is 17.0 Å². The van der Waals surface area contributed by atoms with E-state index in [0.717, 1.165) is 16.5 Å². The number of anilines is 1. The van der Waals surface area contributed by atoms with E-state index in [1.54, 1.807) is 0 Å². The molecule has 24 heavy (non-hydrogen) atoms. The van der Waals surface area contributed by atoms with E-state index >= 15 is 0 Å². The number of rotatable bonds is 4. The number of pyridine rings is 1. The van der Waals surface area contributed by atoms with E-state index in [1.807, 2.05) is 37.3 Å². The van der Waals surface area contributed by atoms with E-state index in [9.17, 15) is 15.2 Å². The normalized spacial score (nSPS) is 11.0. The van der Waals surface area contributed by atoms with Gasteiger partial charge in [-0.15, -0.1) is 0 Å². The number of phenolic OH excluding ortho intramolecular Hbond substituents is 1. The Morgan fingerprint density at radius 2 is 2.04 bits per heavy atom. The number of hydrogen-bond donors (Lipinski definition) is 2. The van der Waals surface area contributed by atoms with E-state index < -0.39 is 4.92 Å². The molecule has 0 atom stereocenters. The van der Waals surface area contributed by atoms with Crippen LogP contribution in [0.15, 0.2) is 53.6 Å². The third-order valence-electron chi connectivity index (χ3n) is 3.53. The standard InChI is InChI=1S/C17H14N4O3/c1-11-8-17(19-15-5-3-2-4-14(11)15)20-18-10-12-9-13(21(23)24)6-7-16(12)22/h2-10,22H,1H3,(H,19,20). The molecule has 0 spiro atoms. The van der Waals surface area contributed by atoms with Gasteiger partial charge in [-0.2, -0.15) is 5.10 Å². The van der Waals surface area contributed by atoms with E-state index in [1.165, 1.54) is 24.4 Å². The molecule has 0 aliphatic rings. The zero-order chi connectivity index (χ0) is 17.1. The first-order chi connectivity index (χ1) is 11.5. The lowest BCUT2D eigenvalue weighted by Gasteiger charge is -2.05. The molecule has 0 amide bonds. The lowest BCUT2D eigenvalue weighted by Crippen LogP contribution is -1.96. The van der Waals surface area contributed by atoms with Crippen LogP contribution in [0.4, 0.5) is 11.5 Å². The maximum absolute atomic E-state index is 10.8. The highest BCUT2D eigenvalue weighted by atomic mass is 16.6. The van der Waals surface area contributed by atoms with Crippen LogP contribution in [-0.2, 0) is 0 Å². The number of benzene rings is 2. The molecule has 7 heteroatoms. The second kappa shape index (κ2) is 6.33. The Morgan fingerprint density at radius 3 is 2.83 bits per heavy atom. The third-order valence-corrected chi connectivity index (χ3v) is 3.53. The monoisotopic (exact) mass is 322 g/mol. The van der Waals surface area contributed by atoms with E-state index in [4.69, 9.17) is 0 Å². The van der Waals surface area contributed by atoms with Crippen LogP contribution < -0.4 is 5.43 Å². The van der Waals surface area contributed by atoms with Gasteiger partial charge in [0.1, 0.15) is 11.6 Å². The number of para-hydroxylation sites is 1.